The summed E-state index contributed by atoms with van der Waals surface area (Å²) in [7, 11) is 0. The van der Waals surface area contributed by atoms with E-state index in [-0.39, 0.29) is 19.0 Å². The number of hydrogen-bond donors (Lipinski definition) is 2. The Kier molecular flexibility index (Phi) is 8.37. The molecule has 9 heteroatoms. The first kappa shape index (κ1) is 24.9. The number of hydrogen-bond acceptors (Lipinski definition) is 6. The van der Waals surface area contributed by atoms with Gasteiger partial charge in [0.15, 0.2) is 0 Å². The van der Waals surface area contributed by atoms with Crippen LogP contribution >= 0.6 is 0 Å². The molecular formula is C25H31N5O4. The molecular weight excluding hydrogens is 434 g/mol. The number of ether oxygens (including phenoxy) is 1. The lowest BCUT2D eigenvalue weighted by molar-refractivity contribution is -0.116. The second kappa shape index (κ2) is 11.4. The van der Waals surface area contributed by atoms with Crippen LogP contribution in [0.4, 0.5) is 10.5 Å². The van der Waals surface area contributed by atoms with Gasteiger partial charge in [0, 0.05) is 12.2 Å². The molecule has 1 atom stereocenters. The molecule has 0 saturated heterocycles. The van der Waals surface area contributed by atoms with Gasteiger partial charge in [-0.05, 0) is 50.5 Å². The Morgan fingerprint density at radius 2 is 1.82 bits per heavy atom. The minimum atomic E-state index is -0.823. The molecule has 2 N–H and O–H groups in total. The van der Waals surface area contributed by atoms with E-state index in [1.807, 2.05) is 75.4 Å². The van der Waals surface area contributed by atoms with Crippen molar-refractivity contribution in [2.45, 2.75) is 45.4 Å². The Hall–Kier alpha value is -3.72. The van der Waals surface area contributed by atoms with Crippen LogP contribution in [0.5, 0.6) is 0 Å². The van der Waals surface area contributed by atoms with Gasteiger partial charge in [-0.25, -0.2) is 14.5 Å². The van der Waals surface area contributed by atoms with E-state index >= 15 is 0 Å². The molecule has 2 amide bonds. The third-order valence-electron chi connectivity index (χ3n) is 4.91. The van der Waals surface area contributed by atoms with Crippen LogP contribution in [0, 0.1) is 0 Å². The van der Waals surface area contributed by atoms with Gasteiger partial charge in [-0.3, -0.25) is 4.79 Å². The number of anilines is 1. The lowest BCUT2D eigenvalue weighted by Gasteiger charge is -2.29. The van der Waals surface area contributed by atoms with E-state index in [9.17, 15) is 14.7 Å². The summed E-state index contributed by atoms with van der Waals surface area (Å²) in [5, 5.41) is 17.4. The number of aliphatic hydroxyl groups is 1. The van der Waals surface area contributed by atoms with Crippen molar-refractivity contribution in [3.8, 4) is 0 Å². The lowest BCUT2D eigenvalue weighted by atomic mass is 10.1. The standard InChI is InChI=1S/C25H31N5O4/c1-25(2,3)34-24(33)29(15-22(31)20-7-5-4-6-8-20)14-13-19-9-11-21(12-10-19)28-23(32)16-30-18-26-17-27-30/h4-12,17-18,22,31H,13-16H2,1-3H3,(H,28,32)/t22-/m0/s1. The van der Waals surface area contributed by atoms with Gasteiger partial charge in [-0.1, -0.05) is 42.5 Å². The first-order valence-corrected chi connectivity index (χ1v) is 11.1. The number of amides is 2. The maximum atomic E-state index is 12.8. The van der Waals surface area contributed by atoms with Crippen LogP contribution in [0.3, 0.4) is 0 Å². The van der Waals surface area contributed by atoms with Gasteiger partial charge in [-0.2, -0.15) is 5.10 Å². The van der Waals surface area contributed by atoms with Crippen molar-refractivity contribution < 1.29 is 19.4 Å². The van der Waals surface area contributed by atoms with Crippen LogP contribution in [-0.4, -0.2) is 55.5 Å². The topological polar surface area (TPSA) is 110 Å². The first-order chi connectivity index (χ1) is 16.2. The van der Waals surface area contributed by atoms with Gasteiger partial charge in [0.1, 0.15) is 24.8 Å². The highest BCUT2D eigenvalue weighted by Gasteiger charge is 2.24. The fraction of sp³-hybridized carbons (Fsp3) is 0.360. The van der Waals surface area contributed by atoms with Crippen molar-refractivity contribution in [3.63, 3.8) is 0 Å². The van der Waals surface area contributed by atoms with Crippen LogP contribution in [-0.2, 0) is 22.5 Å². The molecule has 0 bridgehead atoms. The second-order valence-corrected chi connectivity index (χ2v) is 8.94. The molecule has 9 nitrogen and oxygen atoms in total. The van der Waals surface area contributed by atoms with E-state index in [1.54, 1.807) is 0 Å². The highest BCUT2D eigenvalue weighted by Crippen LogP contribution is 2.18. The summed E-state index contributed by atoms with van der Waals surface area (Å²) in [6, 6.07) is 16.6. The number of benzene rings is 2. The molecule has 2 aromatic carbocycles. The van der Waals surface area contributed by atoms with Gasteiger partial charge in [0.25, 0.3) is 0 Å². The molecule has 1 aromatic heterocycles. The van der Waals surface area contributed by atoms with Crippen LogP contribution in [0.1, 0.15) is 38.0 Å². The second-order valence-electron chi connectivity index (χ2n) is 8.94. The van der Waals surface area contributed by atoms with E-state index in [2.05, 4.69) is 15.4 Å². The normalized spacial score (nSPS) is 12.1. The molecule has 180 valence electrons. The molecule has 0 aliphatic rings. The number of rotatable bonds is 9. The average molecular weight is 466 g/mol. The maximum Gasteiger partial charge on any atom is 0.410 e. The zero-order valence-corrected chi connectivity index (χ0v) is 19.7. The SMILES string of the molecule is CC(C)(C)OC(=O)N(CCc1ccc(NC(=O)Cn2cncn2)cc1)C[C@H](O)c1ccccc1. The average Bonchev–Trinajstić information content (AvgIpc) is 3.29. The zero-order valence-electron chi connectivity index (χ0n) is 19.7. The molecule has 0 saturated carbocycles. The van der Waals surface area contributed by atoms with Crippen molar-refractivity contribution in [2.24, 2.45) is 0 Å². The predicted molar refractivity (Wildman–Crippen MR) is 128 cm³/mol. The molecule has 3 rings (SSSR count). The molecule has 0 fully saturated rings. The quantitative estimate of drug-likeness (QED) is 0.501. The molecule has 0 aliphatic carbocycles. The number of carbonyl (C=O) groups excluding carboxylic acids is 2. The van der Waals surface area contributed by atoms with Crippen molar-refractivity contribution in [1.82, 2.24) is 19.7 Å². The summed E-state index contributed by atoms with van der Waals surface area (Å²) < 4.78 is 6.99. The lowest BCUT2D eigenvalue weighted by Crippen LogP contribution is -2.40. The number of nitrogens with zero attached hydrogens (tertiary/aromatic N) is 4. The Morgan fingerprint density at radius 3 is 2.44 bits per heavy atom. The monoisotopic (exact) mass is 465 g/mol. The summed E-state index contributed by atoms with van der Waals surface area (Å²) >= 11 is 0. The number of carbonyl (C=O) groups is 2. The van der Waals surface area contributed by atoms with Crippen molar-refractivity contribution >= 4 is 17.7 Å². The largest absolute Gasteiger partial charge is 0.444 e. The summed E-state index contributed by atoms with van der Waals surface area (Å²) in [6.07, 6.45) is 2.12. The summed E-state index contributed by atoms with van der Waals surface area (Å²) in [5.41, 5.74) is 1.75. The predicted octanol–water partition coefficient (Wildman–Crippen LogP) is 3.43. The zero-order chi connectivity index (χ0) is 24.6. The summed E-state index contributed by atoms with van der Waals surface area (Å²) in [6.45, 7) is 6.01. The van der Waals surface area contributed by atoms with Crippen LogP contribution < -0.4 is 5.32 Å². The minimum Gasteiger partial charge on any atom is -0.444 e. The van der Waals surface area contributed by atoms with Crippen molar-refractivity contribution in [3.05, 3.63) is 78.4 Å². The summed E-state index contributed by atoms with van der Waals surface area (Å²) in [4.78, 5) is 30.2. The fourth-order valence-electron chi connectivity index (χ4n) is 3.25. The third-order valence-corrected chi connectivity index (χ3v) is 4.91. The van der Waals surface area contributed by atoms with Crippen molar-refractivity contribution in [1.29, 1.82) is 0 Å². The van der Waals surface area contributed by atoms with E-state index in [0.717, 1.165) is 11.1 Å². The van der Waals surface area contributed by atoms with Gasteiger partial charge in [-0.15, -0.1) is 0 Å². The Morgan fingerprint density at radius 1 is 1.12 bits per heavy atom. The Labute approximate surface area is 199 Å². The summed E-state index contributed by atoms with van der Waals surface area (Å²) in [5.74, 6) is -0.204. The van der Waals surface area contributed by atoms with E-state index in [1.165, 1.54) is 22.2 Å². The Balaban J connectivity index is 1.59. The van der Waals surface area contributed by atoms with Gasteiger partial charge < -0.3 is 20.1 Å². The highest BCUT2D eigenvalue weighted by atomic mass is 16.6. The van der Waals surface area contributed by atoms with E-state index < -0.39 is 17.8 Å². The Bertz CT molecular complexity index is 1050. The van der Waals surface area contributed by atoms with Crippen LogP contribution in [0.25, 0.3) is 0 Å². The highest BCUT2D eigenvalue weighted by molar-refractivity contribution is 5.90. The van der Waals surface area contributed by atoms with Crippen LogP contribution in [0.2, 0.25) is 0 Å². The van der Waals surface area contributed by atoms with Gasteiger partial charge in [0.05, 0.1) is 12.6 Å². The molecule has 1 heterocycles. The van der Waals surface area contributed by atoms with Crippen molar-refractivity contribution in [2.75, 3.05) is 18.4 Å². The molecule has 34 heavy (non-hydrogen) atoms. The molecule has 3 aromatic rings. The van der Waals surface area contributed by atoms with Crippen LogP contribution in [0.15, 0.2) is 67.3 Å². The molecule has 0 unspecified atom stereocenters. The maximum absolute atomic E-state index is 12.8. The smallest absolute Gasteiger partial charge is 0.410 e. The minimum absolute atomic E-state index is 0.0797. The van der Waals surface area contributed by atoms with E-state index in [4.69, 9.17) is 4.74 Å². The number of aromatic nitrogens is 3. The molecule has 0 aliphatic heterocycles. The molecule has 0 spiro atoms. The number of aliphatic hydroxyl groups excluding tert-OH is 1. The third kappa shape index (κ3) is 8.00. The molecule has 0 radical (unpaired) electrons. The first-order valence-electron chi connectivity index (χ1n) is 11.1. The van der Waals surface area contributed by atoms with Gasteiger partial charge >= 0.3 is 6.09 Å². The fourth-order valence-corrected chi connectivity index (χ4v) is 3.25. The van der Waals surface area contributed by atoms with Gasteiger partial charge in [0.2, 0.25) is 5.91 Å². The number of nitrogens with one attached hydrogen (secondary N) is 1. The van der Waals surface area contributed by atoms with E-state index in [0.29, 0.717) is 18.7 Å².